The van der Waals surface area contributed by atoms with E-state index < -0.39 is 0 Å². The minimum atomic E-state index is 0.0589. The van der Waals surface area contributed by atoms with E-state index in [0.717, 1.165) is 0 Å². The Morgan fingerprint density at radius 3 is 2.59 bits per heavy atom. The summed E-state index contributed by atoms with van der Waals surface area (Å²) in [5, 5.41) is 0.486. The highest BCUT2D eigenvalue weighted by molar-refractivity contribution is 8.04. The van der Waals surface area contributed by atoms with Gasteiger partial charge in [-0.1, -0.05) is 62.4 Å². The molecule has 136 valence electrons. The fourth-order valence-electron chi connectivity index (χ4n) is 5.32. The third-order valence-corrected chi connectivity index (χ3v) is 8.07. The molecule has 0 saturated carbocycles. The van der Waals surface area contributed by atoms with Gasteiger partial charge in [-0.15, -0.1) is 11.8 Å². The minimum Gasteiger partial charge on any atom is -0.118 e. The molecule has 27 heavy (non-hydrogen) atoms. The second-order valence-corrected chi connectivity index (χ2v) is 10.1. The van der Waals surface area contributed by atoms with E-state index in [-0.39, 0.29) is 5.41 Å². The summed E-state index contributed by atoms with van der Waals surface area (Å²) in [7, 11) is 0. The Morgan fingerprint density at radius 2 is 1.78 bits per heavy atom. The zero-order valence-corrected chi connectivity index (χ0v) is 17.6. The molecule has 1 aliphatic heterocycles. The first-order valence-corrected chi connectivity index (χ1v) is 10.7. The molecular weight excluding hydrogens is 344 g/mol. The Hall–Kier alpha value is -1.99. The molecule has 0 radical (unpaired) electrons. The van der Waals surface area contributed by atoms with Gasteiger partial charge in [0, 0.05) is 11.3 Å². The molecule has 1 heteroatoms. The van der Waals surface area contributed by atoms with Crippen LogP contribution in [0.4, 0.5) is 0 Å². The van der Waals surface area contributed by atoms with Gasteiger partial charge < -0.3 is 0 Å². The van der Waals surface area contributed by atoms with Crippen LogP contribution in [0.3, 0.4) is 0 Å². The highest BCUT2D eigenvalue weighted by atomic mass is 32.2. The Kier molecular flexibility index (Phi) is 3.65. The third kappa shape index (κ3) is 2.37. The van der Waals surface area contributed by atoms with Gasteiger partial charge in [0.25, 0.3) is 0 Å². The van der Waals surface area contributed by atoms with Crippen molar-refractivity contribution in [2.45, 2.75) is 45.8 Å². The first-order chi connectivity index (χ1) is 12.9. The van der Waals surface area contributed by atoms with Gasteiger partial charge in [0.05, 0.1) is 5.25 Å². The third-order valence-electron chi connectivity index (χ3n) is 6.77. The number of fused-ring (bicyclic) bond motifs is 3. The van der Waals surface area contributed by atoms with Crippen LogP contribution in [0.15, 0.2) is 86.9 Å². The summed E-state index contributed by atoms with van der Waals surface area (Å²) >= 11 is 2.01. The van der Waals surface area contributed by atoms with Crippen LogP contribution in [0, 0.1) is 5.41 Å². The molecule has 4 aliphatic rings. The van der Waals surface area contributed by atoms with Crippen LogP contribution in [-0.4, -0.2) is 5.25 Å². The smallest absolute Gasteiger partial charge is 0.0533 e. The standard InChI is InChI=1S/C26H26S/c1-15-12-19-13-21-16(2)17(3)27-24(21)14-22(19)25(15)26(4,5)23-11-10-18-8-6-7-9-20(18)23/h6-14,23-24H,1-5H3. The number of allylic oxidation sites excluding steroid dienone is 9. The van der Waals surface area contributed by atoms with Crippen LogP contribution in [0.25, 0.3) is 6.08 Å². The summed E-state index contributed by atoms with van der Waals surface area (Å²) < 4.78 is 0. The summed E-state index contributed by atoms with van der Waals surface area (Å²) in [5.41, 5.74) is 11.7. The van der Waals surface area contributed by atoms with Crippen LogP contribution in [-0.2, 0) is 0 Å². The van der Waals surface area contributed by atoms with E-state index in [9.17, 15) is 0 Å². The Morgan fingerprint density at radius 1 is 1.00 bits per heavy atom. The van der Waals surface area contributed by atoms with Crippen LogP contribution in [0.1, 0.15) is 51.7 Å². The van der Waals surface area contributed by atoms with Gasteiger partial charge >= 0.3 is 0 Å². The van der Waals surface area contributed by atoms with E-state index >= 15 is 0 Å². The van der Waals surface area contributed by atoms with Gasteiger partial charge in [-0.2, -0.15) is 0 Å². The molecule has 0 N–H and O–H groups in total. The molecule has 5 rings (SSSR count). The second kappa shape index (κ2) is 5.75. The number of benzene rings is 1. The van der Waals surface area contributed by atoms with Crippen LogP contribution in [0.5, 0.6) is 0 Å². The van der Waals surface area contributed by atoms with Crippen molar-refractivity contribution >= 4 is 17.8 Å². The lowest BCUT2D eigenvalue weighted by atomic mass is 9.67. The molecule has 3 aliphatic carbocycles. The Labute approximate surface area is 167 Å². The zero-order valence-electron chi connectivity index (χ0n) is 16.8. The lowest BCUT2D eigenvalue weighted by Gasteiger charge is -2.36. The summed E-state index contributed by atoms with van der Waals surface area (Å²) in [6.07, 6.45) is 12.1. The first kappa shape index (κ1) is 17.1. The lowest BCUT2D eigenvalue weighted by Crippen LogP contribution is -2.25. The molecule has 0 nitrogen and oxygen atoms in total. The van der Waals surface area contributed by atoms with Crippen molar-refractivity contribution in [3.63, 3.8) is 0 Å². The van der Waals surface area contributed by atoms with Gasteiger partial charge in [-0.25, -0.2) is 0 Å². The average molecular weight is 371 g/mol. The van der Waals surface area contributed by atoms with Gasteiger partial charge in [-0.3, -0.25) is 0 Å². The van der Waals surface area contributed by atoms with E-state index in [4.69, 9.17) is 0 Å². The minimum absolute atomic E-state index is 0.0589. The first-order valence-electron chi connectivity index (χ1n) is 9.87. The van der Waals surface area contributed by atoms with E-state index in [1.807, 2.05) is 11.8 Å². The fourth-order valence-corrected chi connectivity index (χ4v) is 6.57. The quantitative estimate of drug-likeness (QED) is 0.524. The molecule has 2 unspecified atom stereocenters. The topological polar surface area (TPSA) is 0 Å². The molecule has 1 heterocycles. The van der Waals surface area contributed by atoms with Crippen LogP contribution in [0.2, 0.25) is 0 Å². The van der Waals surface area contributed by atoms with Crippen molar-refractivity contribution in [3.8, 4) is 0 Å². The fraction of sp³-hybridized carbons (Fsp3) is 0.308. The maximum absolute atomic E-state index is 2.53. The predicted octanol–water partition coefficient (Wildman–Crippen LogP) is 7.36. The highest BCUT2D eigenvalue weighted by Gasteiger charge is 2.41. The van der Waals surface area contributed by atoms with Crippen molar-refractivity contribution in [1.29, 1.82) is 0 Å². The normalized spacial score (nSPS) is 26.0. The molecule has 0 spiro atoms. The molecule has 0 fully saturated rings. The van der Waals surface area contributed by atoms with Crippen molar-refractivity contribution in [2.24, 2.45) is 5.41 Å². The molecule has 1 aromatic carbocycles. The molecule has 2 atom stereocenters. The molecular formula is C26H26S. The summed E-state index contributed by atoms with van der Waals surface area (Å²) in [6, 6.07) is 8.86. The van der Waals surface area contributed by atoms with Crippen LogP contribution < -0.4 is 0 Å². The van der Waals surface area contributed by atoms with E-state index in [0.29, 0.717) is 11.2 Å². The van der Waals surface area contributed by atoms with Crippen molar-refractivity contribution in [3.05, 3.63) is 98.0 Å². The van der Waals surface area contributed by atoms with E-state index in [1.54, 1.807) is 0 Å². The maximum atomic E-state index is 2.53. The Balaban J connectivity index is 1.56. The maximum Gasteiger partial charge on any atom is 0.0533 e. The van der Waals surface area contributed by atoms with Gasteiger partial charge in [0.15, 0.2) is 0 Å². The lowest BCUT2D eigenvalue weighted by molar-refractivity contribution is 0.405. The molecule has 0 saturated heterocycles. The zero-order chi connectivity index (χ0) is 18.9. The molecule has 1 aromatic rings. The summed E-state index contributed by atoms with van der Waals surface area (Å²) in [5.74, 6) is 0.426. The molecule has 0 aromatic heterocycles. The summed E-state index contributed by atoms with van der Waals surface area (Å²) in [4.78, 5) is 1.47. The largest absolute Gasteiger partial charge is 0.118 e. The van der Waals surface area contributed by atoms with Crippen molar-refractivity contribution in [2.75, 3.05) is 0 Å². The van der Waals surface area contributed by atoms with Gasteiger partial charge in [0.1, 0.15) is 0 Å². The molecule has 0 amide bonds. The number of thioether (sulfide) groups is 1. The second-order valence-electron chi connectivity index (χ2n) is 8.74. The van der Waals surface area contributed by atoms with E-state index in [2.05, 4.69) is 89.3 Å². The monoisotopic (exact) mass is 370 g/mol. The SMILES string of the molecule is CC1=C(C(C)(C)C2C=Cc3ccccc32)C2=CC3SC(C)=C(C)C3=CC2=C1. The highest BCUT2D eigenvalue weighted by Crippen LogP contribution is 2.56. The van der Waals surface area contributed by atoms with E-state index in [1.165, 1.54) is 49.5 Å². The van der Waals surface area contributed by atoms with Gasteiger partial charge in [-0.05, 0) is 76.3 Å². The van der Waals surface area contributed by atoms with Crippen LogP contribution >= 0.6 is 11.8 Å². The van der Waals surface area contributed by atoms with Gasteiger partial charge in [0.2, 0.25) is 0 Å². The number of hydrogen-bond donors (Lipinski definition) is 0. The summed E-state index contributed by atoms with van der Waals surface area (Å²) in [6.45, 7) is 11.7. The molecule has 0 bridgehead atoms. The predicted molar refractivity (Wildman–Crippen MR) is 119 cm³/mol. The number of hydrogen-bond acceptors (Lipinski definition) is 1. The Bertz CT molecular complexity index is 1050. The van der Waals surface area contributed by atoms with Crippen molar-refractivity contribution < 1.29 is 0 Å². The van der Waals surface area contributed by atoms with Crippen molar-refractivity contribution in [1.82, 2.24) is 0 Å². The average Bonchev–Trinajstić information content (AvgIpc) is 3.27. The number of rotatable bonds is 2.